The first-order valence-electron chi connectivity index (χ1n) is 5.64. The van der Waals surface area contributed by atoms with Crippen molar-refractivity contribution in [3.63, 3.8) is 0 Å². The Labute approximate surface area is 115 Å². The van der Waals surface area contributed by atoms with Gasteiger partial charge in [0.05, 0.1) is 10.7 Å². The topological polar surface area (TPSA) is 41.1 Å². The number of hydrogen-bond donors (Lipinski definition) is 2. The lowest BCUT2D eigenvalue weighted by atomic mass is 10.2. The van der Waals surface area contributed by atoms with Crippen LogP contribution >= 0.6 is 11.6 Å². The number of anilines is 2. The first-order valence-corrected chi connectivity index (χ1v) is 6.02. The standard InChI is InChI=1S/C14H12ClFN2O/c1-17-11-5-2-9(3-6-11)14(19)18-13-8-10(16)4-7-12(13)15/h2-8,17H,1H3,(H,18,19). The minimum Gasteiger partial charge on any atom is -0.388 e. The number of halogens is 2. The van der Waals surface area contributed by atoms with Crippen molar-refractivity contribution < 1.29 is 9.18 Å². The van der Waals surface area contributed by atoms with Crippen LogP contribution in [-0.4, -0.2) is 13.0 Å². The lowest BCUT2D eigenvalue weighted by Gasteiger charge is -2.08. The van der Waals surface area contributed by atoms with Crippen LogP contribution in [0.4, 0.5) is 15.8 Å². The van der Waals surface area contributed by atoms with E-state index in [0.717, 1.165) is 5.69 Å². The molecule has 1 amide bonds. The van der Waals surface area contributed by atoms with Crippen LogP contribution in [0.15, 0.2) is 42.5 Å². The molecule has 2 N–H and O–H groups in total. The number of hydrogen-bond acceptors (Lipinski definition) is 2. The highest BCUT2D eigenvalue weighted by molar-refractivity contribution is 6.33. The largest absolute Gasteiger partial charge is 0.388 e. The van der Waals surface area contributed by atoms with Gasteiger partial charge in [0, 0.05) is 18.3 Å². The summed E-state index contributed by atoms with van der Waals surface area (Å²) in [4.78, 5) is 12.0. The minimum atomic E-state index is -0.453. The molecule has 0 radical (unpaired) electrons. The Hall–Kier alpha value is -2.07. The molecule has 0 aliphatic rings. The lowest BCUT2D eigenvalue weighted by molar-refractivity contribution is 0.102. The van der Waals surface area contributed by atoms with E-state index >= 15 is 0 Å². The second-order valence-electron chi connectivity index (χ2n) is 3.91. The molecule has 0 spiro atoms. The van der Waals surface area contributed by atoms with Crippen molar-refractivity contribution in [1.29, 1.82) is 0 Å². The zero-order chi connectivity index (χ0) is 13.8. The lowest BCUT2D eigenvalue weighted by Crippen LogP contribution is -2.12. The van der Waals surface area contributed by atoms with Crippen molar-refractivity contribution in [2.75, 3.05) is 17.7 Å². The summed E-state index contributed by atoms with van der Waals surface area (Å²) in [6.07, 6.45) is 0. The molecule has 0 heterocycles. The second kappa shape index (κ2) is 5.71. The van der Waals surface area contributed by atoms with Gasteiger partial charge in [-0.05, 0) is 42.5 Å². The van der Waals surface area contributed by atoms with Crippen LogP contribution in [0.5, 0.6) is 0 Å². The van der Waals surface area contributed by atoms with E-state index < -0.39 is 5.82 Å². The van der Waals surface area contributed by atoms with Crippen molar-refractivity contribution in [2.45, 2.75) is 0 Å². The highest BCUT2D eigenvalue weighted by Crippen LogP contribution is 2.23. The van der Waals surface area contributed by atoms with Gasteiger partial charge in [-0.25, -0.2) is 4.39 Å². The van der Waals surface area contributed by atoms with Crippen molar-refractivity contribution in [3.05, 3.63) is 58.9 Å². The fourth-order valence-corrected chi connectivity index (χ4v) is 1.74. The number of nitrogens with one attached hydrogen (secondary N) is 2. The quantitative estimate of drug-likeness (QED) is 0.897. The Morgan fingerprint density at radius 2 is 1.84 bits per heavy atom. The van der Waals surface area contributed by atoms with Crippen LogP contribution in [-0.2, 0) is 0 Å². The molecule has 2 aromatic rings. The van der Waals surface area contributed by atoms with Crippen LogP contribution in [0.2, 0.25) is 5.02 Å². The molecule has 98 valence electrons. The molecule has 0 bridgehead atoms. The normalized spacial score (nSPS) is 10.1. The molecule has 2 aromatic carbocycles. The van der Waals surface area contributed by atoms with Gasteiger partial charge in [-0.3, -0.25) is 4.79 Å². The minimum absolute atomic E-state index is 0.254. The van der Waals surface area contributed by atoms with Gasteiger partial charge >= 0.3 is 0 Å². The highest BCUT2D eigenvalue weighted by atomic mass is 35.5. The van der Waals surface area contributed by atoms with Gasteiger partial charge < -0.3 is 10.6 Å². The van der Waals surface area contributed by atoms with E-state index in [2.05, 4.69) is 10.6 Å². The summed E-state index contributed by atoms with van der Waals surface area (Å²) in [7, 11) is 1.79. The van der Waals surface area contributed by atoms with E-state index in [0.29, 0.717) is 10.6 Å². The second-order valence-corrected chi connectivity index (χ2v) is 4.31. The molecule has 0 fully saturated rings. The zero-order valence-corrected chi connectivity index (χ0v) is 11.0. The van der Waals surface area contributed by atoms with E-state index in [-0.39, 0.29) is 11.6 Å². The van der Waals surface area contributed by atoms with Gasteiger partial charge in [-0.1, -0.05) is 11.6 Å². The van der Waals surface area contributed by atoms with E-state index in [9.17, 15) is 9.18 Å². The Morgan fingerprint density at radius 1 is 1.16 bits per heavy atom. The molecule has 19 heavy (non-hydrogen) atoms. The van der Waals surface area contributed by atoms with Gasteiger partial charge in [-0.2, -0.15) is 0 Å². The molecule has 0 aromatic heterocycles. The van der Waals surface area contributed by atoms with Crippen molar-refractivity contribution in [3.8, 4) is 0 Å². The highest BCUT2D eigenvalue weighted by Gasteiger charge is 2.09. The van der Waals surface area contributed by atoms with Gasteiger partial charge in [0.25, 0.3) is 5.91 Å². The third-order valence-electron chi connectivity index (χ3n) is 2.61. The maximum absolute atomic E-state index is 13.1. The van der Waals surface area contributed by atoms with Crippen molar-refractivity contribution in [1.82, 2.24) is 0 Å². The summed E-state index contributed by atoms with van der Waals surface area (Å²) in [5.74, 6) is -0.791. The molecule has 2 rings (SSSR count). The van der Waals surface area contributed by atoms with E-state index in [1.54, 1.807) is 31.3 Å². The fraction of sp³-hybridized carbons (Fsp3) is 0.0714. The van der Waals surface area contributed by atoms with Crippen molar-refractivity contribution >= 4 is 28.9 Å². The van der Waals surface area contributed by atoms with Gasteiger partial charge in [-0.15, -0.1) is 0 Å². The molecule has 0 unspecified atom stereocenters. The van der Waals surface area contributed by atoms with Gasteiger partial charge in [0.1, 0.15) is 5.82 Å². The monoisotopic (exact) mass is 278 g/mol. The average Bonchev–Trinajstić information content (AvgIpc) is 2.43. The number of carbonyl (C=O) groups excluding carboxylic acids is 1. The SMILES string of the molecule is CNc1ccc(C(=O)Nc2cc(F)ccc2Cl)cc1. The molecule has 0 aliphatic carbocycles. The van der Waals surface area contributed by atoms with Crippen LogP contribution < -0.4 is 10.6 Å². The van der Waals surface area contributed by atoms with Crippen LogP contribution in [0, 0.1) is 5.82 Å². The smallest absolute Gasteiger partial charge is 0.255 e. The average molecular weight is 279 g/mol. The summed E-state index contributed by atoms with van der Waals surface area (Å²) in [5.41, 5.74) is 1.63. The number of carbonyl (C=O) groups is 1. The van der Waals surface area contributed by atoms with Gasteiger partial charge in [0.2, 0.25) is 0 Å². The number of amides is 1. The molecule has 0 saturated heterocycles. The summed E-state index contributed by atoms with van der Waals surface area (Å²) >= 11 is 5.88. The van der Waals surface area contributed by atoms with E-state index in [1.807, 2.05) is 0 Å². The molecule has 3 nitrogen and oxygen atoms in total. The molecular weight excluding hydrogens is 267 g/mol. The first kappa shape index (κ1) is 13.4. The molecule has 0 aliphatic heterocycles. The Bertz CT molecular complexity index is 599. The Kier molecular flexibility index (Phi) is 4.02. The predicted octanol–water partition coefficient (Wildman–Crippen LogP) is 3.77. The maximum atomic E-state index is 13.1. The summed E-state index contributed by atoms with van der Waals surface area (Å²) in [5, 5.41) is 5.82. The van der Waals surface area contributed by atoms with E-state index in [4.69, 9.17) is 11.6 Å². The Balaban J connectivity index is 2.18. The molecule has 0 saturated carbocycles. The molecule has 5 heteroatoms. The summed E-state index contributed by atoms with van der Waals surface area (Å²) in [6, 6.07) is 10.7. The third kappa shape index (κ3) is 3.23. The fourth-order valence-electron chi connectivity index (χ4n) is 1.58. The van der Waals surface area contributed by atoms with Crippen LogP contribution in [0.25, 0.3) is 0 Å². The summed E-state index contributed by atoms with van der Waals surface area (Å²) < 4.78 is 13.1. The van der Waals surface area contributed by atoms with Crippen LogP contribution in [0.3, 0.4) is 0 Å². The zero-order valence-electron chi connectivity index (χ0n) is 10.2. The summed E-state index contributed by atoms with van der Waals surface area (Å²) in [6.45, 7) is 0. The van der Waals surface area contributed by atoms with Crippen LogP contribution in [0.1, 0.15) is 10.4 Å². The number of rotatable bonds is 3. The first-order chi connectivity index (χ1) is 9.10. The van der Waals surface area contributed by atoms with E-state index in [1.165, 1.54) is 18.2 Å². The van der Waals surface area contributed by atoms with Gasteiger partial charge in [0.15, 0.2) is 0 Å². The maximum Gasteiger partial charge on any atom is 0.255 e. The third-order valence-corrected chi connectivity index (χ3v) is 2.94. The Morgan fingerprint density at radius 3 is 2.47 bits per heavy atom. The molecular formula is C14H12ClFN2O. The van der Waals surface area contributed by atoms with Crippen molar-refractivity contribution in [2.24, 2.45) is 0 Å². The molecule has 0 atom stereocenters. The number of benzene rings is 2. The predicted molar refractivity (Wildman–Crippen MR) is 75.4 cm³/mol.